The van der Waals surface area contributed by atoms with Crippen LogP contribution in [0.2, 0.25) is 0 Å². The van der Waals surface area contributed by atoms with Gasteiger partial charge in [0.2, 0.25) is 0 Å². The van der Waals surface area contributed by atoms with Crippen molar-refractivity contribution in [2.45, 2.75) is 19.4 Å². The van der Waals surface area contributed by atoms with E-state index in [1.54, 1.807) is 12.3 Å². The van der Waals surface area contributed by atoms with Crippen LogP contribution in [0.5, 0.6) is 0 Å². The van der Waals surface area contributed by atoms with Gasteiger partial charge in [0, 0.05) is 18.3 Å². The molecule has 0 aliphatic heterocycles. The van der Waals surface area contributed by atoms with Crippen molar-refractivity contribution in [1.29, 1.82) is 0 Å². The number of nitrogens with zero attached hydrogens (tertiary/aromatic N) is 1. The molecule has 1 rings (SSSR count). The Morgan fingerprint density at radius 3 is 2.85 bits per heavy atom. The van der Waals surface area contributed by atoms with E-state index in [4.69, 9.17) is 10.8 Å². The Balaban J connectivity index is 2.64. The molecule has 0 amide bonds. The van der Waals surface area contributed by atoms with Gasteiger partial charge in [-0.05, 0) is 18.6 Å². The van der Waals surface area contributed by atoms with Crippen molar-refractivity contribution in [2.75, 3.05) is 0 Å². The molecule has 0 spiro atoms. The van der Waals surface area contributed by atoms with E-state index in [0.717, 1.165) is 5.56 Å². The third kappa shape index (κ3) is 2.83. The lowest BCUT2D eigenvalue weighted by atomic mass is 10.1. The number of hydrogen-bond donors (Lipinski definition) is 2. The van der Waals surface area contributed by atoms with Gasteiger partial charge in [-0.15, -0.1) is 0 Å². The molecule has 1 aromatic heterocycles. The SMILES string of the molecule is Cc1ccc(CC(N)C(=O)O)nc1. The monoisotopic (exact) mass is 180 g/mol. The Bertz CT molecular complexity index is 295. The van der Waals surface area contributed by atoms with Crippen LogP contribution in [0.4, 0.5) is 0 Å². The summed E-state index contributed by atoms with van der Waals surface area (Å²) >= 11 is 0. The van der Waals surface area contributed by atoms with Crippen LogP contribution in [-0.2, 0) is 11.2 Å². The minimum absolute atomic E-state index is 0.273. The normalized spacial score (nSPS) is 12.5. The average Bonchev–Trinajstić information content (AvgIpc) is 2.08. The summed E-state index contributed by atoms with van der Waals surface area (Å²) in [7, 11) is 0. The van der Waals surface area contributed by atoms with Gasteiger partial charge in [0.05, 0.1) is 0 Å². The highest BCUT2D eigenvalue weighted by Crippen LogP contribution is 2.01. The molecule has 0 fully saturated rings. The number of pyridine rings is 1. The van der Waals surface area contributed by atoms with Crippen LogP contribution in [0.25, 0.3) is 0 Å². The first-order chi connectivity index (χ1) is 6.09. The largest absolute Gasteiger partial charge is 0.480 e. The number of aliphatic carboxylic acids is 1. The fourth-order valence-electron chi connectivity index (χ4n) is 0.932. The second-order valence-corrected chi connectivity index (χ2v) is 2.98. The zero-order chi connectivity index (χ0) is 9.84. The van der Waals surface area contributed by atoms with Crippen molar-refractivity contribution < 1.29 is 9.90 Å². The Labute approximate surface area is 76.4 Å². The molecule has 1 atom stereocenters. The first-order valence-electron chi connectivity index (χ1n) is 3.99. The molecule has 0 bridgehead atoms. The van der Waals surface area contributed by atoms with Gasteiger partial charge in [0.25, 0.3) is 0 Å². The van der Waals surface area contributed by atoms with Gasteiger partial charge in [0.1, 0.15) is 6.04 Å². The van der Waals surface area contributed by atoms with Crippen LogP contribution in [0.3, 0.4) is 0 Å². The van der Waals surface area contributed by atoms with Gasteiger partial charge >= 0.3 is 5.97 Å². The number of aromatic nitrogens is 1. The topological polar surface area (TPSA) is 76.2 Å². The predicted molar refractivity (Wildman–Crippen MR) is 48.3 cm³/mol. The fraction of sp³-hybridized carbons (Fsp3) is 0.333. The molecule has 1 aromatic rings. The summed E-state index contributed by atoms with van der Waals surface area (Å²) in [5, 5.41) is 8.55. The molecular weight excluding hydrogens is 168 g/mol. The van der Waals surface area contributed by atoms with E-state index in [2.05, 4.69) is 4.98 Å². The minimum Gasteiger partial charge on any atom is -0.480 e. The van der Waals surface area contributed by atoms with E-state index in [1.807, 2.05) is 13.0 Å². The van der Waals surface area contributed by atoms with Gasteiger partial charge in [-0.2, -0.15) is 0 Å². The third-order valence-electron chi connectivity index (χ3n) is 1.72. The molecule has 0 aliphatic rings. The molecule has 0 aromatic carbocycles. The zero-order valence-electron chi connectivity index (χ0n) is 7.40. The van der Waals surface area contributed by atoms with E-state index < -0.39 is 12.0 Å². The standard InChI is InChI=1S/C9H12N2O2/c1-6-2-3-7(11-5-6)4-8(10)9(12)13/h2-3,5,8H,4,10H2,1H3,(H,12,13). The number of carbonyl (C=O) groups is 1. The van der Waals surface area contributed by atoms with Crippen molar-refractivity contribution in [1.82, 2.24) is 4.98 Å². The van der Waals surface area contributed by atoms with E-state index in [-0.39, 0.29) is 6.42 Å². The summed E-state index contributed by atoms with van der Waals surface area (Å²) in [5.41, 5.74) is 7.10. The van der Waals surface area contributed by atoms with Crippen LogP contribution >= 0.6 is 0 Å². The second-order valence-electron chi connectivity index (χ2n) is 2.98. The summed E-state index contributed by atoms with van der Waals surface area (Å²) in [5.74, 6) is -0.998. The number of aryl methyl sites for hydroxylation is 1. The second kappa shape index (κ2) is 4.00. The van der Waals surface area contributed by atoms with E-state index in [1.165, 1.54) is 0 Å². The molecule has 70 valence electrons. The molecule has 0 aliphatic carbocycles. The summed E-state index contributed by atoms with van der Waals surface area (Å²) < 4.78 is 0. The summed E-state index contributed by atoms with van der Waals surface area (Å²) in [6.07, 6.45) is 1.97. The lowest BCUT2D eigenvalue weighted by molar-refractivity contribution is -0.138. The highest BCUT2D eigenvalue weighted by molar-refractivity contribution is 5.73. The van der Waals surface area contributed by atoms with Crippen molar-refractivity contribution in [3.05, 3.63) is 29.6 Å². The number of carboxylic acid groups (broad SMARTS) is 1. The number of nitrogens with two attached hydrogens (primary N) is 1. The molecule has 0 radical (unpaired) electrons. The first kappa shape index (κ1) is 9.67. The van der Waals surface area contributed by atoms with Crippen LogP contribution in [0.15, 0.2) is 18.3 Å². The van der Waals surface area contributed by atoms with Crippen LogP contribution < -0.4 is 5.73 Å². The first-order valence-corrected chi connectivity index (χ1v) is 3.99. The van der Waals surface area contributed by atoms with E-state index >= 15 is 0 Å². The maximum atomic E-state index is 10.4. The molecule has 1 unspecified atom stereocenters. The Kier molecular flexibility index (Phi) is 2.97. The van der Waals surface area contributed by atoms with Crippen LogP contribution in [-0.4, -0.2) is 22.1 Å². The van der Waals surface area contributed by atoms with Crippen LogP contribution in [0, 0.1) is 6.92 Å². The lowest BCUT2D eigenvalue weighted by Gasteiger charge is -2.04. The van der Waals surface area contributed by atoms with Crippen molar-refractivity contribution in [2.24, 2.45) is 5.73 Å². The summed E-state index contributed by atoms with van der Waals surface area (Å²) in [4.78, 5) is 14.5. The maximum absolute atomic E-state index is 10.4. The molecular formula is C9H12N2O2. The molecule has 3 N–H and O–H groups in total. The number of hydrogen-bond acceptors (Lipinski definition) is 3. The molecule has 0 saturated carbocycles. The smallest absolute Gasteiger partial charge is 0.320 e. The highest BCUT2D eigenvalue weighted by Gasteiger charge is 2.12. The molecule has 1 heterocycles. The average molecular weight is 180 g/mol. The van der Waals surface area contributed by atoms with E-state index in [9.17, 15) is 4.79 Å². The highest BCUT2D eigenvalue weighted by atomic mass is 16.4. The van der Waals surface area contributed by atoms with E-state index in [0.29, 0.717) is 5.69 Å². The van der Waals surface area contributed by atoms with Crippen molar-refractivity contribution in [3.8, 4) is 0 Å². The Morgan fingerprint density at radius 1 is 1.69 bits per heavy atom. The van der Waals surface area contributed by atoms with Crippen molar-refractivity contribution in [3.63, 3.8) is 0 Å². The van der Waals surface area contributed by atoms with Crippen molar-refractivity contribution >= 4 is 5.97 Å². The van der Waals surface area contributed by atoms with Crippen LogP contribution in [0.1, 0.15) is 11.3 Å². The summed E-state index contributed by atoms with van der Waals surface area (Å²) in [6.45, 7) is 1.92. The van der Waals surface area contributed by atoms with Gasteiger partial charge in [-0.25, -0.2) is 0 Å². The molecule has 4 heteroatoms. The van der Waals surface area contributed by atoms with Gasteiger partial charge in [-0.3, -0.25) is 9.78 Å². The zero-order valence-corrected chi connectivity index (χ0v) is 7.40. The van der Waals surface area contributed by atoms with Gasteiger partial charge in [0.15, 0.2) is 0 Å². The minimum atomic E-state index is -0.998. The van der Waals surface area contributed by atoms with Gasteiger partial charge < -0.3 is 10.8 Å². The quantitative estimate of drug-likeness (QED) is 0.703. The fourth-order valence-corrected chi connectivity index (χ4v) is 0.932. The summed E-state index contributed by atoms with van der Waals surface area (Å²) in [6, 6.07) is 2.81. The lowest BCUT2D eigenvalue weighted by Crippen LogP contribution is -2.32. The number of rotatable bonds is 3. The maximum Gasteiger partial charge on any atom is 0.320 e. The molecule has 4 nitrogen and oxygen atoms in total. The predicted octanol–water partition coefficient (Wildman–Crippen LogP) is 0.344. The number of carboxylic acids is 1. The molecule has 0 saturated heterocycles. The van der Waals surface area contributed by atoms with Gasteiger partial charge in [-0.1, -0.05) is 6.07 Å². The molecule has 13 heavy (non-hydrogen) atoms. The Morgan fingerprint density at radius 2 is 2.38 bits per heavy atom. The Hall–Kier alpha value is -1.42. The third-order valence-corrected chi connectivity index (χ3v) is 1.72.